The van der Waals surface area contributed by atoms with E-state index in [2.05, 4.69) is 41.4 Å². The SMILES string of the molecule is CC.CC.CCCCCCOc1ccc(CN2CCNCC2)cc1. The number of benzene rings is 1. The molecular formula is C21H40N2O. The van der Waals surface area contributed by atoms with Crippen molar-refractivity contribution in [1.29, 1.82) is 0 Å². The van der Waals surface area contributed by atoms with Crippen LogP contribution in [0.5, 0.6) is 5.75 Å². The largest absolute Gasteiger partial charge is 0.494 e. The molecule has 1 fully saturated rings. The number of nitrogens with one attached hydrogen (secondary N) is 1. The fraction of sp³-hybridized carbons (Fsp3) is 0.714. The first-order valence-electron chi connectivity index (χ1n) is 10.0. The second kappa shape index (κ2) is 16.8. The third-order valence-electron chi connectivity index (χ3n) is 3.81. The number of hydrogen-bond donors (Lipinski definition) is 1. The van der Waals surface area contributed by atoms with E-state index in [0.717, 1.165) is 51.5 Å². The van der Waals surface area contributed by atoms with Crippen LogP contribution in [0.3, 0.4) is 0 Å². The maximum absolute atomic E-state index is 5.77. The summed E-state index contributed by atoms with van der Waals surface area (Å²) in [6.45, 7) is 16.6. The van der Waals surface area contributed by atoms with E-state index >= 15 is 0 Å². The Morgan fingerprint density at radius 1 is 0.917 bits per heavy atom. The number of rotatable bonds is 8. The van der Waals surface area contributed by atoms with Crippen molar-refractivity contribution in [2.45, 2.75) is 66.8 Å². The van der Waals surface area contributed by atoms with Crippen LogP contribution in [-0.2, 0) is 6.54 Å². The molecule has 3 heteroatoms. The summed E-state index contributed by atoms with van der Waals surface area (Å²) in [6, 6.07) is 8.61. The molecule has 140 valence electrons. The van der Waals surface area contributed by atoms with Crippen molar-refractivity contribution >= 4 is 0 Å². The summed E-state index contributed by atoms with van der Waals surface area (Å²) in [6.07, 6.45) is 5.03. The van der Waals surface area contributed by atoms with Crippen LogP contribution in [0, 0.1) is 0 Å². The van der Waals surface area contributed by atoms with Gasteiger partial charge >= 0.3 is 0 Å². The zero-order chi connectivity index (χ0) is 18.0. The van der Waals surface area contributed by atoms with E-state index in [4.69, 9.17) is 4.74 Å². The van der Waals surface area contributed by atoms with Gasteiger partial charge in [0.25, 0.3) is 0 Å². The van der Waals surface area contributed by atoms with Crippen molar-refractivity contribution < 1.29 is 4.74 Å². The van der Waals surface area contributed by atoms with Gasteiger partial charge in [-0.2, -0.15) is 0 Å². The van der Waals surface area contributed by atoms with E-state index in [9.17, 15) is 0 Å². The zero-order valence-electron chi connectivity index (χ0n) is 16.7. The van der Waals surface area contributed by atoms with Crippen LogP contribution in [0.2, 0.25) is 0 Å². The van der Waals surface area contributed by atoms with Crippen molar-refractivity contribution in [2.24, 2.45) is 0 Å². The highest BCUT2D eigenvalue weighted by Gasteiger charge is 2.09. The molecule has 1 aromatic rings. The van der Waals surface area contributed by atoms with Gasteiger partial charge < -0.3 is 10.1 Å². The topological polar surface area (TPSA) is 24.5 Å². The first-order chi connectivity index (χ1) is 11.9. The molecule has 0 radical (unpaired) electrons. The molecular weight excluding hydrogens is 296 g/mol. The van der Waals surface area contributed by atoms with Gasteiger partial charge in [0, 0.05) is 32.7 Å². The van der Waals surface area contributed by atoms with E-state index in [1.807, 2.05) is 27.7 Å². The normalized spacial score (nSPS) is 14.0. The van der Waals surface area contributed by atoms with Gasteiger partial charge in [-0.05, 0) is 24.1 Å². The molecule has 0 saturated carbocycles. The van der Waals surface area contributed by atoms with Gasteiger partial charge in [-0.25, -0.2) is 0 Å². The van der Waals surface area contributed by atoms with Crippen LogP contribution >= 0.6 is 0 Å². The highest BCUT2D eigenvalue weighted by atomic mass is 16.5. The van der Waals surface area contributed by atoms with Crippen molar-refractivity contribution in [3.63, 3.8) is 0 Å². The zero-order valence-corrected chi connectivity index (χ0v) is 16.7. The molecule has 1 aliphatic heterocycles. The van der Waals surface area contributed by atoms with Gasteiger partial charge in [0.15, 0.2) is 0 Å². The average Bonchev–Trinajstić information content (AvgIpc) is 2.67. The quantitative estimate of drug-likeness (QED) is 0.668. The van der Waals surface area contributed by atoms with Crippen LogP contribution in [0.25, 0.3) is 0 Å². The molecule has 24 heavy (non-hydrogen) atoms. The first kappa shape index (κ1) is 22.9. The van der Waals surface area contributed by atoms with Gasteiger partial charge in [-0.15, -0.1) is 0 Å². The standard InChI is InChI=1S/C17H28N2O.2C2H6/c1-2-3-4-5-14-20-17-8-6-16(7-9-17)15-19-12-10-18-11-13-19;2*1-2/h6-9,18H,2-5,10-15H2,1H3;2*1-2H3. The van der Waals surface area contributed by atoms with E-state index in [1.165, 1.54) is 24.8 Å². The predicted molar refractivity (Wildman–Crippen MR) is 107 cm³/mol. The molecule has 1 aliphatic rings. The molecule has 0 atom stereocenters. The van der Waals surface area contributed by atoms with E-state index in [0.29, 0.717) is 0 Å². The summed E-state index contributed by atoms with van der Waals surface area (Å²) < 4.78 is 5.77. The predicted octanol–water partition coefficient (Wildman–Crippen LogP) is 5.10. The summed E-state index contributed by atoms with van der Waals surface area (Å²) in [5.41, 5.74) is 1.38. The monoisotopic (exact) mass is 336 g/mol. The maximum Gasteiger partial charge on any atom is 0.119 e. The molecule has 1 N–H and O–H groups in total. The molecule has 0 aromatic heterocycles. The van der Waals surface area contributed by atoms with E-state index in [1.54, 1.807) is 0 Å². The Labute approximate surface area is 150 Å². The van der Waals surface area contributed by atoms with Crippen LogP contribution in [-0.4, -0.2) is 37.7 Å². The Morgan fingerprint density at radius 2 is 1.54 bits per heavy atom. The molecule has 0 spiro atoms. The average molecular weight is 337 g/mol. The Hall–Kier alpha value is -1.06. The highest BCUT2D eigenvalue weighted by Crippen LogP contribution is 2.14. The van der Waals surface area contributed by atoms with Crippen molar-refractivity contribution in [1.82, 2.24) is 10.2 Å². The molecule has 0 amide bonds. The summed E-state index contributed by atoms with van der Waals surface area (Å²) in [5.74, 6) is 1.01. The first-order valence-corrected chi connectivity index (χ1v) is 10.0. The van der Waals surface area contributed by atoms with E-state index < -0.39 is 0 Å². The van der Waals surface area contributed by atoms with Crippen LogP contribution < -0.4 is 10.1 Å². The number of piperazine rings is 1. The van der Waals surface area contributed by atoms with Crippen molar-refractivity contribution in [3.8, 4) is 5.75 Å². The Balaban J connectivity index is 0.00000123. The molecule has 1 heterocycles. The summed E-state index contributed by atoms with van der Waals surface area (Å²) in [7, 11) is 0. The second-order valence-electron chi connectivity index (χ2n) is 5.58. The van der Waals surface area contributed by atoms with Crippen molar-refractivity contribution in [3.05, 3.63) is 29.8 Å². The molecule has 0 bridgehead atoms. The Morgan fingerprint density at radius 3 is 2.12 bits per heavy atom. The lowest BCUT2D eigenvalue weighted by atomic mass is 10.2. The fourth-order valence-corrected chi connectivity index (χ4v) is 2.54. The number of nitrogens with zero attached hydrogens (tertiary/aromatic N) is 1. The van der Waals surface area contributed by atoms with Gasteiger partial charge in [0.05, 0.1) is 6.61 Å². The van der Waals surface area contributed by atoms with Gasteiger partial charge in [0.1, 0.15) is 5.75 Å². The summed E-state index contributed by atoms with van der Waals surface area (Å²) >= 11 is 0. The fourth-order valence-electron chi connectivity index (χ4n) is 2.54. The van der Waals surface area contributed by atoms with Crippen LogP contribution in [0.4, 0.5) is 0 Å². The third-order valence-corrected chi connectivity index (χ3v) is 3.81. The third kappa shape index (κ3) is 10.7. The smallest absolute Gasteiger partial charge is 0.119 e. The molecule has 3 nitrogen and oxygen atoms in total. The summed E-state index contributed by atoms with van der Waals surface area (Å²) in [5, 5.41) is 3.39. The van der Waals surface area contributed by atoms with Crippen LogP contribution in [0.1, 0.15) is 65.9 Å². The van der Waals surface area contributed by atoms with E-state index in [-0.39, 0.29) is 0 Å². The lowest BCUT2D eigenvalue weighted by Gasteiger charge is -2.27. The molecule has 1 aromatic carbocycles. The second-order valence-corrected chi connectivity index (χ2v) is 5.58. The minimum atomic E-state index is 0.844. The number of ether oxygens (including phenoxy) is 1. The number of unbranched alkanes of at least 4 members (excludes halogenated alkanes) is 3. The molecule has 1 saturated heterocycles. The highest BCUT2D eigenvalue weighted by molar-refractivity contribution is 5.27. The minimum Gasteiger partial charge on any atom is -0.494 e. The lowest BCUT2D eigenvalue weighted by Crippen LogP contribution is -2.42. The Kier molecular flexibility index (Phi) is 16.0. The maximum atomic E-state index is 5.77. The molecule has 2 rings (SSSR count). The van der Waals surface area contributed by atoms with Gasteiger partial charge in [0.2, 0.25) is 0 Å². The van der Waals surface area contributed by atoms with Crippen molar-refractivity contribution in [2.75, 3.05) is 32.8 Å². The summed E-state index contributed by atoms with van der Waals surface area (Å²) in [4.78, 5) is 2.50. The minimum absolute atomic E-state index is 0.844. The number of hydrogen-bond acceptors (Lipinski definition) is 3. The van der Waals surface area contributed by atoms with Gasteiger partial charge in [-0.1, -0.05) is 66.0 Å². The molecule has 0 unspecified atom stereocenters. The van der Waals surface area contributed by atoms with Gasteiger partial charge in [-0.3, -0.25) is 4.90 Å². The lowest BCUT2D eigenvalue weighted by molar-refractivity contribution is 0.233. The van der Waals surface area contributed by atoms with Crippen LogP contribution in [0.15, 0.2) is 24.3 Å². The Bertz CT molecular complexity index is 359. The molecule has 0 aliphatic carbocycles.